The number of hydrogen-bond acceptors (Lipinski definition) is 4. The molecule has 1 rings (SSSR count). The van der Waals surface area contributed by atoms with Crippen molar-refractivity contribution >= 4 is 11.8 Å². The number of carbonyl (C=O) groups excluding carboxylic acids is 1. The van der Waals surface area contributed by atoms with Crippen molar-refractivity contribution in [3.05, 3.63) is 17.7 Å². The minimum atomic E-state index is 0.459. The van der Waals surface area contributed by atoms with Crippen molar-refractivity contribution in [1.29, 1.82) is 0 Å². The van der Waals surface area contributed by atoms with Crippen LogP contribution in [0.4, 0.5) is 5.69 Å². The van der Waals surface area contributed by atoms with Gasteiger partial charge in [-0.05, 0) is 18.6 Å². The molecule has 1 aromatic rings. The quantitative estimate of drug-likeness (QED) is 0.544. The number of methoxy groups -OCH3 is 2. The lowest BCUT2D eigenvalue weighted by Gasteiger charge is -2.08. The van der Waals surface area contributed by atoms with Crippen LogP contribution in [0, 0.1) is 6.92 Å². The predicted molar refractivity (Wildman–Crippen MR) is 52.1 cm³/mol. The monoisotopic (exact) mass is 193 g/mol. The molecule has 4 heteroatoms. The lowest BCUT2D eigenvalue weighted by Crippen LogP contribution is -1.90. The number of aryl methyl sites for hydroxylation is 1. The Hall–Kier alpha value is -1.80. The molecule has 1 aromatic carbocycles. The minimum Gasteiger partial charge on any atom is -0.496 e. The summed E-state index contributed by atoms with van der Waals surface area (Å²) >= 11 is 0. The molecule has 0 spiro atoms. The second-order valence-electron chi connectivity index (χ2n) is 2.70. The minimum absolute atomic E-state index is 0.459. The number of ether oxygens (including phenoxy) is 2. The highest BCUT2D eigenvalue weighted by atomic mass is 16.5. The van der Waals surface area contributed by atoms with Gasteiger partial charge in [0.1, 0.15) is 17.2 Å². The van der Waals surface area contributed by atoms with E-state index in [0.717, 1.165) is 5.56 Å². The summed E-state index contributed by atoms with van der Waals surface area (Å²) in [5.41, 5.74) is 1.35. The fourth-order valence-electron chi connectivity index (χ4n) is 1.17. The molecule has 14 heavy (non-hydrogen) atoms. The summed E-state index contributed by atoms with van der Waals surface area (Å²) in [5.74, 6) is 1.20. The molecule has 74 valence electrons. The van der Waals surface area contributed by atoms with Crippen LogP contribution in [0.3, 0.4) is 0 Å². The van der Waals surface area contributed by atoms with E-state index in [1.165, 1.54) is 13.2 Å². The van der Waals surface area contributed by atoms with Crippen molar-refractivity contribution in [2.45, 2.75) is 6.92 Å². The first-order valence-electron chi connectivity index (χ1n) is 4.03. The molecule has 0 amide bonds. The summed E-state index contributed by atoms with van der Waals surface area (Å²) in [5, 5.41) is 0. The highest BCUT2D eigenvalue weighted by Crippen LogP contribution is 2.33. The van der Waals surface area contributed by atoms with Gasteiger partial charge in [-0.3, -0.25) is 0 Å². The zero-order valence-corrected chi connectivity index (χ0v) is 8.33. The van der Waals surface area contributed by atoms with Crippen LogP contribution in [0.1, 0.15) is 5.56 Å². The summed E-state index contributed by atoms with van der Waals surface area (Å²) in [4.78, 5) is 13.7. The van der Waals surface area contributed by atoms with E-state index in [4.69, 9.17) is 9.47 Å². The summed E-state index contributed by atoms with van der Waals surface area (Å²) in [6.45, 7) is 1.86. The molecule has 0 unspecified atom stereocenters. The maximum Gasteiger partial charge on any atom is 0.240 e. The van der Waals surface area contributed by atoms with Crippen molar-refractivity contribution in [2.75, 3.05) is 14.2 Å². The number of aliphatic imine (C=N–C) groups is 1. The van der Waals surface area contributed by atoms with Gasteiger partial charge in [-0.1, -0.05) is 0 Å². The van der Waals surface area contributed by atoms with Gasteiger partial charge in [0, 0.05) is 6.07 Å². The van der Waals surface area contributed by atoms with Crippen LogP contribution in [0.15, 0.2) is 17.1 Å². The summed E-state index contributed by atoms with van der Waals surface area (Å²) in [6, 6.07) is 3.40. The second kappa shape index (κ2) is 4.44. The number of benzene rings is 1. The molecule has 0 N–H and O–H groups in total. The van der Waals surface area contributed by atoms with Gasteiger partial charge in [0.25, 0.3) is 0 Å². The Labute approximate surface area is 82.2 Å². The Morgan fingerprint density at radius 3 is 2.36 bits per heavy atom. The van der Waals surface area contributed by atoms with Crippen LogP contribution in [0.25, 0.3) is 0 Å². The summed E-state index contributed by atoms with van der Waals surface area (Å²) in [7, 11) is 3.08. The van der Waals surface area contributed by atoms with E-state index in [1.807, 2.05) is 6.92 Å². The molecule has 0 heterocycles. The van der Waals surface area contributed by atoms with Crippen molar-refractivity contribution in [2.24, 2.45) is 4.99 Å². The van der Waals surface area contributed by atoms with E-state index in [-0.39, 0.29) is 0 Å². The molecule has 0 radical (unpaired) electrons. The molecule has 4 nitrogen and oxygen atoms in total. The third kappa shape index (κ3) is 1.92. The highest BCUT2D eigenvalue weighted by Gasteiger charge is 2.07. The van der Waals surface area contributed by atoms with E-state index in [9.17, 15) is 4.79 Å². The lowest BCUT2D eigenvalue weighted by atomic mass is 10.2. The molecular formula is C10H11NO3. The molecule has 0 fully saturated rings. The molecule has 0 aliphatic carbocycles. The fourth-order valence-corrected chi connectivity index (χ4v) is 1.17. The first-order valence-corrected chi connectivity index (χ1v) is 4.03. The number of hydrogen-bond donors (Lipinski definition) is 0. The number of rotatable bonds is 3. The molecule has 0 aliphatic heterocycles. The maximum absolute atomic E-state index is 10.1. The Morgan fingerprint density at radius 1 is 1.21 bits per heavy atom. The third-order valence-corrected chi connectivity index (χ3v) is 1.86. The smallest absolute Gasteiger partial charge is 0.240 e. The Balaban J connectivity index is 3.30. The molecular weight excluding hydrogens is 182 g/mol. The van der Waals surface area contributed by atoms with Crippen LogP contribution >= 0.6 is 0 Å². The predicted octanol–water partition coefficient (Wildman–Crippen LogP) is 1.98. The summed E-state index contributed by atoms with van der Waals surface area (Å²) in [6.07, 6.45) is 1.48. The van der Waals surface area contributed by atoms with Crippen molar-refractivity contribution < 1.29 is 14.3 Å². The van der Waals surface area contributed by atoms with Gasteiger partial charge in [-0.25, -0.2) is 4.79 Å². The standard InChI is InChI=1S/C10H11NO3/c1-7-4-8(11-6-12)10(14-3)5-9(7)13-2/h4-5H,1-3H3. The van der Waals surface area contributed by atoms with Crippen LogP contribution in [0.5, 0.6) is 11.5 Å². The van der Waals surface area contributed by atoms with Crippen LogP contribution in [0.2, 0.25) is 0 Å². The molecule has 0 aliphatic rings. The van der Waals surface area contributed by atoms with E-state index in [1.54, 1.807) is 19.2 Å². The molecule has 0 atom stereocenters. The van der Waals surface area contributed by atoms with Gasteiger partial charge in [0.2, 0.25) is 6.08 Å². The zero-order chi connectivity index (χ0) is 10.6. The first kappa shape index (κ1) is 10.3. The fraction of sp³-hybridized carbons (Fsp3) is 0.300. The van der Waals surface area contributed by atoms with Crippen molar-refractivity contribution in [3.8, 4) is 11.5 Å². The van der Waals surface area contributed by atoms with Crippen LogP contribution in [-0.2, 0) is 4.79 Å². The van der Waals surface area contributed by atoms with Gasteiger partial charge >= 0.3 is 0 Å². The van der Waals surface area contributed by atoms with Crippen LogP contribution < -0.4 is 9.47 Å². The highest BCUT2D eigenvalue weighted by molar-refractivity contribution is 5.62. The van der Waals surface area contributed by atoms with Gasteiger partial charge in [0.05, 0.1) is 14.2 Å². The van der Waals surface area contributed by atoms with Gasteiger partial charge < -0.3 is 9.47 Å². The Morgan fingerprint density at radius 2 is 1.86 bits per heavy atom. The van der Waals surface area contributed by atoms with Crippen LogP contribution in [-0.4, -0.2) is 20.3 Å². The molecule has 0 saturated heterocycles. The molecule has 0 saturated carbocycles. The maximum atomic E-state index is 10.1. The van der Waals surface area contributed by atoms with Crippen molar-refractivity contribution in [1.82, 2.24) is 0 Å². The molecule has 0 aromatic heterocycles. The average molecular weight is 193 g/mol. The first-order chi connectivity index (χ1) is 6.72. The number of nitrogens with zero attached hydrogens (tertiary/aromatic N) is 1. The van der Waals surface area contributed by atoms with E-state index in [2.05, 4.69) is 4.99 Å². The Bertz CT molecular complexity index is 381. The summed E-state index contributed by atoms with van der Waals surface area (Å²) < 4.78 is 10.1. The largest absolute Gasteiger partial charge is 0.496 e. The van der Waals surface area contributed by atoms with E-state index < -0.39 is 0 Å². The van der Waals surface area contributed by atoms with Gasteiger partial charge in [-0.15, -0.1) is 0 Å². The topological polar surface area (TPSA) is 47.9 Å². The van der Waals surface area contributed by atoms with Crippen molar-refractivity contribution in [3.63, 3.8) is 0 Å². The SMILES string of the molecule is COc1cc(OC)c(N=C=O)cc1C. The zero-order valence-electron chi connectivity index (χ0n) is 8.33. The van der Waals surface area contributed by atoms with E-state index in [0.29, 0.717) is 17.2 Å². The normalized spacial score (nSPS) is 9.07. The third-order valence-electron chi connectivity index (χ3n) is 1.86. The van der Waals surface area contributed by atoms with E-state index >= 15 is 0 Å². The second-order valence-corrected chi connectivity index (χ2v) is 2.70. The van der Waals surface area contributed by atoms with Gasteiger partial charge in [0.15, 0.2) is 0 Å². The average Bonchev–Trinajstić information content (AvgIpc) is 2.19. The number of isocyanates is 1. The Kier molecular flexibility index (Phi) is 3.26. The lowest BCUT2D eigenvalue weighted by molar-refractivity contribution is 0.393. The molecule has 0 bridgehead atoms. The van der Waals surface area contributed by atoms with Gasteiger partial charge in [-0.2, -0.15) is 4.99 Å².